The first-order chi connectivity index (χ1) is 13.9. The molecule has 0 unspecified atom stereocenters. The highest BCUT2D eigenvalue weighted by Crippen LogP contribution is 2.45. The molecule has 0 radical (unpaired) electrons. The molecule has 2 aromatic rings. The number of β-amino-alcohol motifs (C(OH)–C–C–N with tert-alkyl or cyclic N) is 1. The average molecular weight is 405 g/mol. The van der Waals surface area contributed by atoms with Crippen LogP contribution >= 0.6 is 0 Å². The molecule has 0 aliphatic carbocycles. The van der Waals surface area contributed by atoms with E-state index >= 15 is 0 Å². The van der Waals surface area contributed by atoms with Gasteiger partial charge < -0.3 is 24.6 Å². The predicted molar refractivity (Wildman–Crippen MR) is 103 cm³/mol. The van der Waals surface area contributed by atoms with Gasteiger partial charge in [-0.3, -0.25) is 0 Å². The molecule has 7 heteroatoms. The molecule has 156 valence electrons. The molecular weight excluding hydrogens is 380 g/mol. The minimum absolute atomic E-state index is 0.327. The van der Waals surface area contributed by atoms with Gasteiger partial charge in [-0.25, -0.2) is 8.78 Å². The van der Waals surface area contributed by atoms with Crippen molar-refractivity contribution in [3.05, 3.63) is 59.2 Å². The second-order valence-corrected chi connectivity index (χ2v) is 7.90. The van der Waals surface area contributed by atoms with Gasteiger partial charge in [-0.15, -0.1) is 0 Å². The Kier molecular flexibility index (Phi) is 5.46. The number of ether oxygens (including phenoxy) is 2. The minimum atomic E-state index is -0.960. The number of likely N-dealkylation sites (tertiary alicyclic amines) is 1. The van der Waals surface area contributed by atoms with E-state index in [-0.39, 0.29) is 0 Å². The molecule has 1 saturated heterocycles. The van der Waals surface area contributed by atoms with E-state index in [1.54, 1.807) is 13.2 Å². The first kappa shape index (κ1) is 20.1. The SMILES string of the molecule is COc1ccc2c(c1)OC1(CCN(C[C@@H](O)c3ccc(F)c(F)c3)CC1)C[C@H]2O. The van der Waals surface area contributed by atoms with Crippen LogP contribution in [-0.4, -0.2) is 47.5 Å². The second-order valence-electron chi connectivity index (χ2n) is 7.90. The molecule has 2 aromatic carbocycles. The fraction of sp³-hybridized carbons (Fsp3) is 0.455. The number of aliphatic hydroxyl groups excluding tert-OH is 2. The summed E-state index contributed by atoms with van der Waals surface area (Å²) in [5.74, 6) is -0.554. The molecule has 0 amide bonds. The molecule has 0 saturated carbocycles. The number of methoxy groups -OCH3 is 1. The van der Waals surface area contributed by atoms with Crippen molar-refractivity contribution in [2.45, 2.75) is 37.1 Å². The topological polar surface area (TPSA) is 62.2 Å². The van der Waals surface area contributed by atoms with E-state index in [1.165, 1.54) is 6.07 Å². The van der Waals surface area contributed by atoms with Gasteiger partial charge in [0.15, 0.2) is 11.6 Å². The molecule has 0 aromatic heterocycles. The number of piperidine rings is 1. The van der Waals surface area contributed by atoms with E-state index in [2.05, 4.69) is 4.90 Å². The number of nitrogens with zero attached hydrogens (tertiary/aromatic N) is 1. The van der Waals surface area contributed by atoms with Crippen LogP contribution in [0.1, 0.15) is 42.6 Å². The van der Waals surface area contributed by atoms with Crippen LogP contribution in [0.2, 0.25) is 0 Å². The fourth-order valence-electron chi connectivity index (χ4n) is 4.26. The van der Waals surface area contributed by atoms with E-state index in [4.69, 9.17) is 9.47 Å². The zero-order valence-electron chi connectivity index (χ0n) is 16.3. The third-order valence-electron chi connectivity index (χ3n) is 6.00. The monoisotopic (exact) mass is 405 g/mol. The van der Waals surface area contributed by atoms with Crippen LogP contribution in [0.5, 0.6) is 11.5 Å². The number of hydrogen-bond donors (Lipinski definition) is 2. The molecule has 2 aliphatic heterocycles. The van der Waals surface area contributed by atoms with Crippen LogP contribution in [-0.2, 0) is 0 Å². The first-order valence-electron chi connectivity index (χ1n) is 9.79. The molecule has 1 spiro atoms. The number of rotatable bonds is 4. The Hall–Kier alpha value is -2.22. The molecule has 2 heterocycles. The van der Waals surface area contributed by atoms with Gasteiger partial charge in [-0.1, -0.05) is 6.07 Å². The summed E-state index contributed by atoms with van der Waals surface area (Å²) in [5.41, 5.74) is 0.671. The van der Waals surface area contributed by atoms with Crippen molar-refractivity contribution in [3.8, 4) is 11.5 Å². The van der Waals surface area contributed by atoms with Gasteiger partial charge in [0.25, 0.3) is 0 Å². The van der Waals surface area contributed by atoms with Crippen molar-refractivity contribution < 1.29 is 28.5 Å². The minimum Gasteiger partial charge on any atom is -0.497 e. The lowest BCUT2D eigenvalue weighted by Gasteiger charge is -2.46. The number of aliphatic hydroxyl groups is 2. The maximum atomic E-state index is 13.4. The Morgan fingerprint density at radius 2 is 1.93 bits per heavy atom. The molecule has 5 nitrogen and oxygen atoms in total. The highest BCUT2D eigenvalue weighted by molar-refractivity contribution is 5.44. The highest BCUT2D eigenvalue weighted by Gasteiger charge is 2.43. The van der Waals surface area contributed by atoms with E-state index in [9.17, 15) is 19.0 Å². The van der Waals surface area contributed by atoms with Crippen molar-refractivity contribution >= 4 is 0 Å². The van der Waals surface area contributed by atoms with E-state index < -0.39 is 29.4 Å². The molecule has 29 heavy (non-hydrogen) atoms. The largest absolute Gasteiger partial charge is 0.497 e. The van der Waals surface area contributed by atoms with Gasteiger partial charge in [0.2, 0.25) is 0 Å². The average Bonchev–Trinajstić information content (AvgIpc) is 2.71. The Morgan fingerprint density at radius 1 is 1.17 bits per heavy atom. The standard InChI is InChI=1S/C22H25F2NO4/c1-28-15-3-4-16-19(26)12-22(29-21(16)11-15)6-8-25(9-7-22)13-20(27)14-2-5-17(23)18(24)10-14/h2-5,10-11,19-20,26-27H,6-9,12-13H2,1H3/t19-,20-/m1/s1. The Morgan fingerprint density at radius 3 is 2.62 bits per heavy atom. The van der Waals surface area contributed by atoms with Crippen LogP contribution < -0.4 is 9.47 Å². The van der Waals surface area contributed by atoms with Crippen LogP contribution in [0.15, 0.2) is 36.4 Å². The summed E-state index contributed by atoms with van der Waals surface area (Å²) >= 11 is 0. The van der Waals surface area contributed by atoms with Gasteiger partial charge in [-0.2, -0.15) is 0 Å². The quantitative estimate of drug-likeness (QED) is 0.817. The smallest absolute Gasteiger partial charge is 0.159 e. The Balaban J connectivity index is 1.40. The predicted octanol–water partition coefficient (Wildman–Crippen LogP) is 3.36. The third-order valence-corrected chi connectivity index (χ3v) is 6.00. The lowest BCUT2D eigenvalue weighted by molar-refractivity contribution is -0.0588. The van der Waals surface area contributed by atoms with Gasteiger partial charge in [0.05, 0.1) is 19.3 Å². The van der Waals surface area contributed by atoms with Crippen molar-refractivity contribution in [2.75, 3.05) is 26.7 Å². The molecule has 1 fully saturated rings. The summed E-state index contributed by atoms with van der Waals surface area (Å²) in [4.78, 5) is 2.08. The number of halogens is 2. The van der Waals surface area contributed by atoms with Gasteiger partial charge in [0, 0.05) is 37.7 Å². The van der Waals surface area contributed by atoms with Crippen LogP contribution in [0.4, 0.5) is 8.78 Å². The summed E-state index contributed by atoms with van der Waals surface area (Å²) in [6.07, 6.45) is 0.425. The summed E-state index contributed by atoms with van der Waals surface area (Å²) < 4.78 is 38.1. The lowest BCUT2D eigenvalue weighted by Crippen LogP contribution is -2.51. The highest BCUT2D eigenvalue weighted by atomic mass is 19.2. The maximum Gasteiger partial charge on any atom is 0.159 e. The van der Waals surface area contributed by atoms with E-state index in [0.29, 0.717) is 56.0 Å². The summed E-state index contributed by atoms with van der Waals surface area (Å²) in [6.45, 7) is 1.67. The van der Waals surface area contributed by atoms with Crippen LogP contribution in [0, 0.1) is 11.6 Å². The van der Waals surface area contributed by atoms with E-state index in [0.717, 1.165) is 17.7 Å². The fourth-order valence-corrected chi connectivity index (χ4v) is 4.26. The second kappa shape index (κ2) is 7.89. The zero-order valence-corrected chi connectivity index (χ0v) is 16.3. The molecule has 2 N–H and O–H groups in total. The normalized spacial score (nSPS) is 22.0. The Bertz CT molecular complexity index is 883. The number of hydrogen-bond acceptors (Lipinski definition) is 5. The van der Waals surface area contributed by atoms with Gasteiger partial charge >= 0.3 is 0 Å². The number of fused-ring (bicyclic) bond motifs is 1. The molecular formula is C22H25F2NO4. The first-order valence-corrected chi connectivity index (χ1v) is 9.79. The summed E-state index contributed by atoms with van der Waals surface area (Å²) in [7, 11) is 1.59. The van der Waals surface area contributed by atoms with Crippen molar-refractivity contribution in [1.29, 1.82) is 0 Å². The van der Waals surface area contributed by atoms with Gasteiger partial charge in [0.1, 0.15) is 17.1 Å². The molecule has 0 bridgehead atoms. The molecule has 2 aliphatic rings. The van der Waals surface area contributed by atoms with Crippen molar-refractivity contribution in [3.63, 3.8) is 0 Å². The molecule has 4 rings (SSSR count). The van der Waals surface area contributed by atoms with Crippen LogP contribution in [0.3, 0.4) is 0 Å². The maximum absolute atomic E-state index is 13.4. The van der Waals surface area contributed by atoms with Crippen LogP contribution in [0.25, 0.3) is 0 Å². The lowest BCUT2D eigenvalue weighted by atomic mass is 9.81. The summed E-state index contributed by atoms with van der Waals surface area (Å²) in [6, 6.07) is 8.92. The zero-order chi connectivity index (χ0) is 20.6. The third kappa shape index (κ3) is 4.08. The molecule has 2 atom stereocenters. The van der Waals surface area contributed by atoms with Gasteiger partial charge in [-0.05, 0) is 42.7 Å². The van der Waals surface area contributed by atoms with E-state index in [1.807, 2.05) is 12.1 Å². The van der Waals surface area contributed by atoms with Crippen molar-refractivity contribution in [2.24, 2.45) is 0 Å². The van der Waals surface area contributed by atoms with Crippen molar-refractivity contribution in [1.82, 2.24) is 4.90 Å². The number of benzene rings is 2. The summed E-state index contributed by atoms with van der Waals surface area (Å²) in [5, 5.41) is 21.0. The Labute approximate surface area is 168 Å².